The number of hydrogen-bond donors (Lipinski definition) is 1. The number of nitrogens with zero attached hydrogens (tertiary/aromatic N) is 1. The molecule has 1 aromatic rings. The van der Waals surface area contributed by atoms with Crippen LogP contribution in [0.5, 0.6) is 0 Å². The van der Waals surface area contributed by atoms with Crippen molar-refractivity contribution in [2.45, 2.75) is 45.1 Å². The van der Waals surface area contributed by atoms with Crippen LogP contribution in [0.1, 0.15) is 37.8 Å². The first-order valence-corrected chi connectivity index (χ1v) is 7.55. The number of aliphatic hydroxyl groups excluding tert-OH is 1. The van der Waals surface area contributed by atoms with E-state index in [-0.39, 0.29) is 6.61 Å². The van der Waals surface area contributed by atoms with Gasteiger partial charge in [0.25, 0.3) is 0 Å². The van der Waals surface area contributed by atoms with Crippen LogP contribution < -0.4 is 0 Å². The third-order valence-electron chi connectivity index (χ3n) is 2.66. The molecule has 0 aliphatic carbocycles. The Labute approximate surface area is 129 Å². The van der Waals surface area contributed by atoms with Crippen LogP contribution >= 0.6 is 11.6 Å². The SMILES string of the molecule is CCOC(=O)C#CC(O)CCc1cnc(CCCCCl)o1. The van der Waals surface area contributed by atoms with Gasteiger partial charge in [0.15, 0.2) is 5.89 Å². The van der Waals surface area contributed by atoms with Crippen molar-refractivity contribution < 1.29 is 19.1 Å². The van der Waals surface area contributed by atoms with E-state index in [9.17, 15) is 9.90 Å². The van der Waals surface area contributed by atoms with E-state index in [2.05, 4.69) is 21.6 Å². The van der Waals surface area contributed by atoms with Gasteiger partial charge in [-0.25, -0.2) is 9.78 Å². The second kappa shape index (κ2) is 10.3. The molecule has 0 radical (unpaired) electrons. The zero-order valence-corrected chi connectivity index (χ0v) is 12.9. The molecule has 1 rings (SSSR count). The molecular weight excluding hydrogens is 294 g/mol. The highest BCUT2D eigenvalue weighted by atomic mass is 35.5. The molecule has 0 fully saturated rings. The molecule has 21 heavy (non-hydrogen) atoms. The lowest BCUT2D eigenvalue weighted by Gasteiger charge is -2.00. The smallest absolute Gasteiger partial charge is 0.384 e. The van der Waals surface area contributed by atoms with Crippen LogP contribution in [0, 0.1) is 11.8 Å². The van der Waals surface area contributed by atoms with Crippen molar-refractivity contribution in [2.24, 2.45) is 0 Å². The first-order valence-electron chi connectivity index (χ1n) is 7.01. The number of esters is 1. The number of carbonyl (C=O) groups is 1. The van der Waals surface area contributed by atoms with Crippen molar-refractivity contribution in [3.8, 4) is 11.8 Å². The number of halogens is 1. The van der Waals surface area contributed by atoms with Crippen molar-refractivity contribution in [3.05, 3.63) is 17.8 Å². The Kier molecular flexibility index (Phi) is 8.56. The van der Waals surface area contributed by atoms with E-state index < -0.39 is 12.1 Å². The summed E-state index contributed by atoms with van der Waals surface area (Å²) in [6.45, 7) is 1.97. The highest BCUT2D eigenvalue weighted by Gasteiger charge is 2.07. The maximum atomic E-state index is 11.0. The van der Waals surface area contributed by atoms with Crippen molar-refractivity contribution in [2.75, 3.05) is 12.5 Å². The van der Waals surface area contributed by atoms with Crippen LogP contribution in [0.2, 0.25) is 0 Å². The summed E-state index contributed by atoms with van der Waals surface area (Å²) < 4.78 is 10.2. The molecule has 6 heteroatoms. The minimum atomic E-state index is -0.890. The zero-order valence-electron chi connectivity index (χ0n) is 12.1. The number of aliphatic hydroxyl groups is 1. The van der Waals surface area contributed by atoms with E-state index in [4.69, 9.17) is 16.0 Å². The van der Waals surface area contributed by atoms with Gasteiger partial charge in [0, 0.05) is 24.6 Å². The van der Waals surface area contributed by atoms with Gasteiger partial charge in [-0.15, -0.1) is 11.6 Å². The Morgan fingerprint density at radius 3 is 3.05 bits per heavy atom. The number of carbonyl (C=O) groups excluding carboxylic acids is 1. The van der Waals surface area contributed by atoms with Gasteiger partial charge in [-0.3, -0.25) is 0 Å². The lowest BCUT2D eigenvalue weighted by Crippen LogP contribution is -2.07. The summed E-state index contributed by atoms with van der Waals surface area (Å²) in [5.41, 5.74) is 0. The zero-order chi connectivity index (χ0) is 15.5. The highest BCUT2D eigenvalue weighted by molar-refractivity contribution is 6.17. The van der Waals surface area contributed by atoms with Gasteiger partial charge < -0.3 is 14.3 Å². The number of ether oxygens (including phenoxy) is 1. The summed E-state index contributed by atoms with van der Waals surface area (Å²) in [6, 6.07) is 0. The van der Waals surface area contributed by atoms with Gasteiger partial charge in [0.05, 0.1) is 12.8 Å². The number of oxazole rings is 1. The van der Waals surface area contributed by atoms with Crippen LogP contribution in [-0.2, 0) is 22.4 Å². The normalized spacial score (nSPS) is 11.6. The molecule has 0 aliphatic rings. The summed E-state index contributed by atoms with van der Waals surface area (Å²) in [4.78, 5) is 15.2. The Morgan fingerprint density at radius 2 is 2.33 bits per heavy atom. The van der Waals surface area contributed by atoms with E-state index in [1.54, 1.807) is 13.1 Å². The molecule has 1 N–H and O–H groups in total. The maximum Gasteiger partial charge on any atom is 0.384 e. The quantitative estimate of drug-likeness (QED) is 0.261. The van der Waals surface area contributed by atoms with Crippen molar-refractivity contribution in [1.29, 1.82) is 0 Å². The fraction of sp³-hybridized carbons (Fsp3) is 0.600. The summed E-state index contributed by atoms with van der Waals surface area (Å²) in [7, 11) is 0. The summed E-state index contributed by atoms with van der Waals surface area (Å²) >= 11 is 5.60. The molecule has 116 valence electrons. The Hall–Kier alpha value is -1.51. The minimum absolute atomic E-state index is 0.272. The molecule has 0 aromatic carbocycles. The van der Waals surface area contributed by atoms with Crippen molar-refractivity contribution >= 4 is 17.6 Å². The molecule has 1 aromatic heterocycles. The molecule has 0 saturated carbocycles. The molecule has 0 amide bonds. The molecule has 1 heterocycles. The third-order valence-corrected chi connectivity index (χ3v) is 2.92. The van der Waals surface area contributed by atoms with E-state index >= 15 is 0 Å². The second-order valence-electron chi connectivity index (χ2n) is 4.41. The predicted molar refractivity (Wildman–Crippen MR) is 78.9 cm³/mol. The van der Waals surface area contributed by atoms with Crippen molar-refractivity contribution in [1.82, 2.24) is 4.98 Å². The molecule has 0 spiro atoms. The summed E-state index contributed by atoms with van der Waals surface area (Å²) in [5.74, 6) is 6.07. The monoisotopic (exact) mass is 313 g/mol. The van der Waals surface area contributed by atoms with E-state index in [1.807, 2.05) is 0 Å². The molecule has 0 aliphatic heterocycles. The van der Waals surface area contributed by atoms with Crippen LogP contribution in [-0.4, -0.2) is 34.7 Å². The van der Waals surface area contributed by atoms with Crippen LogP contribution in [0.25, 0.3) is 0 Å². The van der Waals surface area contributed by atoms with Gasteiger partial charge in [-0.2, -0.15) is 0 Å². The fourth-order valence-electron chi connectivity index (χ4n) is 1.61. The highest BCUT2D eigenvalue weighted by Crippen LogP contribution is 2.10. The summed E-state index contributed by atoms with van der Waals surface area (Å²) in [6.07, 6.45) is 4.29. The van der Waals surface area contributed by atoms with Crippen LogP contribution in [0.3, 0.4) is 0 Å². The Morgan fingerprint density at radius 1 is 1.52 bits per heavy atom. The average Bonchev–Trinajstić information content (AvgIpc) is 2.91. The minimum Gasteiger partial charge on any atom is -0.456 e. The van der Waals surface area contributed by atoms with E-state index in [0.29, 0.717) is 30.4 Å². The van der Waals surface area contributed by atoms with Gasteiger partial charge in [0.2, 0.25) is 0 Å². The van der Waals surface area contributed by atoms with Gasteiger partial charge in [-0.1, -0.05) is 5.92 Å². The number of aromatic nitrogens is 1. The molecule has 0 bridgehead atoms. The van der Waals surface area contributed by atoms with Gasteiger partial charge in [0.1, 0.15) is 11.9 Å². The average molecular weight is 314 g/mol. The number of hydrogen-bond acceptors (Lipinski definition) is 5. The number of alkyl halides is 1. The van der Waals surface area contributed by atoms with Crippen LogP contribution in [0.4, 0.5) is 0 Å². The van der Waals surface area contributed by atoms with Crippen LogP contribution in [0.15, 0.2) is 10.6 Å². The third kappa shape index (κ3) is 7.74. The molecule has 1 atom stereocenters. The largest absolute Gasteiger partial charge is 0.456 e. The molecule has 5 nitrogen and oxygen atoms in total. The second-order valence-corrected chi connectivity index (χ2v) is 4.79. The Balaban J connectivity index is 2.32. The van der Waals surface area contributed by atoms with E-state index in [1.165, 1.54) is 0 Å². The standard InChI is InChI=1S/C15H20ClNO4/c1-2-20-15(19)9-7-12(18)6-8-13-11-17-14(21-13)5-3-4-10-16/h11-12,18H,2-6,8,10H2,1H3. The molecule has 0 saturated heterocycles. The number of aryl methyl sites for hydroxylation is 2. The molecule has 1 unspecified atom stereocenters. The topological polar surface area (TPSA) is 72.6 Å². The lowest BCUT2D eigenvalue weighted by atomic mass is 10.2. The Bertz CT molecular complexity index is 489. The first-order chi connectivity index (χ1) is 10.2. The maximum absolute atomic E-state index is 11.0. The predicted octanol–water partition coefficient (Wildman–Crippen LogP) is 2.10. The molecular formula is C15H20ClNO4. The lowest BCUT2D eigenvalue weighted by molar-refractivity contribution is -0.136. The van der Waals surface area contributed by atoms with E-state index in [0.717, 1.165) is 19.3 Å². The number of unbranched alkanes of at least 4 members (excludes halogenated alkanes) is 1. The fourth-order valence-corrected chi connectivity index (χ4v) is 1.80. The van der Waals surface area contributed by atoms with Crippen molar-refractivity contribution in [3.63, 3.8) is 0 Å². The summed E-state index contributed by atoms with van der Waals surface area (Å²) in [5, 5.41) is 9.65. The van der Waals surface area contributed by atoms with Gasteiger partial charge in [-0.05, 0) is 26.2 Å². The number of rotatable bonds is 8. The van der Waals surface area contributed by atoms with Gasteiger partial charge >= 0.3 is 5.97 Å². The first kappa shape index (κ1) is 17.5.